The van der Waals surface area contributed by atoms with Gasteiger partial charge in [-0.1, -0.05) is 92.1 Å². The van der Waals surface area contributed by atoms with E-state index in [2.05, 4.69) is 4.98 Å². The average Bonchev–Trinajstić information content (AvgIpc) is 2.77. The number of halogens is 2. The Hall–Kier alpha value is -2.10. The molecule has 0 saturated carbocycles. The van der Waals surface area contributed by atoms with Gasteiger partial charge in [-0.3, -0.25) is 4.57 Å². The van der Waals surface area contributed by atoms with Crippen LogP contribution < -0.4 is 5.69 Å². The molecule has 5 heteroatoms. The Morgan fingerprint density at radius 1 is 0.742 bits per heavy atom. The molecule has 0 amide bonds. The SMILES string of the molecule is O=c1nc(-c2ccccc2)c2c(n1-c1ccc(Cl)c(Cl)c1)CCCCCCCCCC2. The van der Waals surface area contributed by atoms with E-state index in [9.17, 15) is 4.79 Å². The molecule has 0 N–H and O–H groups in total. The molecule has 3 nitrogen and oxygen atoms in total. The lowest BCUT2D eigenvalue weighted by Gasteiger charge is -2.21. The fourth-order valence-corrected chi connectivity index (χ4v) is 4.80. The van der Waals surface area contributed by atoms with Gasteiger partial charge in [0.25, 0.3) is 0 Å². The molecule has 0 radical (unpaired) electrons. The fourth-order valence-electron chi connectivity index (χ4n) is 4.51. The van der Waals surface area contributed by atoms with Crippen molar-refractivity contribution in [1.29, 1.82) is 0 Å². The maximum atomic E-state index is 13.3. The lowest BCUT2D eigenvalue weighted by molar-refractivity contribution is 0.552. The van der Waals surface area contributed by atoms with Crippen LogP contribution in [0.25, 0.3) is 16.9 Å². The van der Waals surface area contributed by atoms with E-state index in [1.165, 1.54) is 44.1 Å². The van der Waals surface area contributed by atoms with Crippen LogP contribution in [-0.4, -0.2) is 9.55 Å². The van der Waals surface area contributed by atoms with Crippen LogP contribution in [0.1, 0.15) is 62.6 Å². The van der Waals surface area contributed by atoms with Gasteiger partial charge in [0, 0.05) is 11.3 Å². The van der Waals surface area contributed by atoms with Crippen LogP contribution in [0.5, 0.6) is 0 Å². The Balaban J connectivity index is 1.91. The van der Waals surface area contributed by atoms with Crippen LogP contribution >= 0.6 is 23.2 Å². The molecule has 0 unspecified atom stereocenters. The van der Waals surface area contributed by atoms with Crippen molar-refractivity contribution in [2.75, 3.05) is 0 Å². The predicted octanol–water partition coefficient (Wildman–Crippen LogP) is 7.43. The largest absolute Gasteiger partial charge is 0.352 e. The summed E-state index contributed by atoms with van der Waals surface area (Å²) in [6.45, 7) is 0. The van der Waals surface area contributed by atoms with Crippen molar-refractivity contribution in [3.8, 4) is 16.9 Å². The van der Waals surface area contributed by atoms with Crippen LogP contribution in [-0.2, 0) is 12.8 Å². The maximum absolute atomic E-state index is 13.3. The van der Waals surface area contributed by atoms with E-state index < -0.39 is 0 Å². The smallest absolute Gasteiger partial charge is 0.265 e. The standard InChI is InChI=1S/C26H28Cl2N2O/c27-22-17-16-20(18-23(22)28)30-24-15-11-6-4-2-1-3-5-10-14-21(24)25(29-26(30)31)19-12-8-7-9-13-19/h7-9,12-13,16-18H,1-6,10-11,14-15H2. The Morgan fingerprint density at radius 2 is 1.39 bits per heavy atom. The van der Waals surface area contributed by atoms with Crippen LogP contribution in [0.4, 0.5) is 0 Å². The van der Waals surface area contributed by atoms with Crippen molar-refractivity contribution in [3.63, 3.8) is 0 Å². The van der Waals surface area contributed by atoms with Crippen molar-refractivity contribution in [3.05, 3.63) is 80.3 Å². The highest BCUT2D eigenvalue weighted by molar-refractivity contribution is 6.42. The van der Waals surface area contributed by atoms with E-state index >= 15 is 0 Å². The van der Waals surface area contributed by atoms with Crippen molar-refractivity contribution in [2.24, 2.45) is 0 Å². The average molecular weight is 455 g/mol. The van der Waals surface area contributed by atoms with Crippen LogP contribution in [0.3, 0.4) is 0 Å². The molecule has 3 aromatic rings. The monoisotopic (exact) mass is 454 g/mol. The van der Waals surface area contributed by atoms with Gasteiger partial charge in [0.1, 0.15) is 0 Å². The second-order valence-corrected chi connectivity index (χ2v) is 9.11. The fraction of sp³-hybridized carbons (Fsp3) is 0.385. The van der Waals surface area contributed by atoms with Crippen molar-refractivity contribution >= 4 is 23.2 Å². The molecule has 0 atom stereocenters. The van der Waals surface area contributed by atoms with Gasteiger partial charge in [-0.15, -0.1) is 0 Å². The number of fused-ring (bicyclic) bond motifs is 1. The lowest BCUT2D eigenvalue weighted by Crippen LogP contribution is -2.28. The molecule has 0 spiro atoms. The van der Waals surface area contributed by atoms with Gasteiger partial charge in [0.05, 0.1) is 21.4 Å². The maximum Gasteiger partial charge on any atom is 0.352 e. The Bertz CT molecular complexity index is 1090. The summed E-state index contributed by atoms with van der Waals surface area (Å²) in [5.41, 5.74) is 4.56. The molecule has 0 bridgehead atoms. The predicted molar refractivity (Wildman–Crippen MR) is 130 cm³/mol. The summed E-state index contributed by atoms with van der Waals surface area (Å²) in [5.74, 6) is 0. The summed E-state index contributed by atoms with van der Waals surface area (Å²) in [4.78, 5) is 17.9. The number of hydrogen-bond donors (Lipinski definition) is 0. The third kappa shape index (κ3) is 5.22. The van der Waals surface area contributed by atoms with E-state index in [0.29, 0.717) is 10.0 Å². The van der Waals surface area contributed by atoms with Gasteiger partial charge in [0.2, 0.25) is 0 Å². The van der Waals surface area contributed by atoms with E-state index in [4.69, 9.17) is 23.2 Å². The number of nitrogens with zero attached hydrogens (tertiary/aromatic N) is 2. The first-order chi connectivity index (χ1) is 15.1. The molecule has 1 aliphatic rings. The van der Waals surface area contributed by atoms with Crippen LogP contribution in [0, 0.1) is 0 Å². The molecular weight excluding hydrogens is 427 g/mol. The first-order valence-electron chi connectivity index (χ1n) is 11.3. The molecule has 162 valence electrons. The zero-order chi connectivity index (χ0) is 21.6. The highest BCUT2D eigenvalue weighted by Crippen LogP contribution is 2.30. The topological polar surface area (TPSA) is 34.9 Å². The number of aromatic nitrogens is 2. The molecule has 0 fully saturated rings. The quantitative estimate of drug-likeness (QED) is 0.403. The molecule has 31 heavy (non-hydrogen) atoms. The third-order valence-corrected chi connectivity index (χ3v) is 6.84. The summed E-state index contributed by atoms with van der Waals surface area (Å²) in [6.07, 6.45) is 11.5. The molecular formula is C26H28Cl2N2O. The molecule has 0 aliphatic heterocycles. The van der Waals surface area contributed by atoms with Crippen molar-refractivity contribution in [1.82, 2.24) is 9.55 Å². The first-order valence-corrected chi connectivity index (χ1v) is 12.1. The minimum Gasteiger partial charge on any atom is -0.265 e. The molecule has 1 aliphatic carbocycles. The molecule has 1 aromatic heterocycles. The van der Waals surface area contributed by atoms with Gasteiger partial charge < -0.3 is 0 Å². The summed E-state index contributed by atoms with van der Waals surface area (Å²) in [5, 5.41) is 0.927. The zero-order valence-electron chi connectivity index (χ0n) is 17.7. The van der Waals surface area contributed by atoms with E-state index in [-0.39, 0.29) is 5.69 Å². The number of benzene rings is 2. The highest BCUT2D eigenvalue weighted by atomic mass is 35.5. The van der Waals surface area contributed by atoms with E-state index in [1.54, 1.807) is 16.7 Å². The Kier molecular flexibility index (Phi) is 7.47. The van der Waals surface area contributed by atoms with Gasteiger partial charge >= 0.3 is 5.69 Å². The van der Waals surface area contributed by atoms with Gasteiger partial charge in [-0.25, -0.2) is 4.79 Å². The number of hydrogen-bond acceptors (Lipinski definition) is 2. The first kappa shape index (κ1) is 22.1. The second-order valence-electron chi connectivity index (χ2n) is 8.30. The highest BCUT2D eigenvalue weighted by Gasteiger charge is 2.20. The van der Waals surface area contributed by atoms with Gasteiger partial charge in [0.15, 0.2) is 0 Å². The van der Waals surface area contributed by atoms with E-state index in [0.717, 1.165) is 48.3 Å². The third-order valence-electron chi connectivity index (χ3n) is 6.10. The Morgan fingerprint density at radius 3 is 2.06 bits per heavy atom. The molecule has 4 rings (SSSR count). The summed E-state index contributed by atoms with van der Waals surface area (Å²) in [6, 6.07) is 15.5. The Labute approximate surface area is 194 Å². The van der Waals surface area contributed by atoms with Gasteiger partial charge in [-0.2, -0.15) is 4.98 Å². The van der Waals surface area contributed by atoms with Crippen molar-refractivity contribution < 1.29 is 0 Å². The molecule has 0 saturated heterocycles. The van der Waals surface area contributed by atoms with Crippen LogP contribution in [0.15, 0.2) is 53.3 Å². The van der Waals surface area contributed by atoms with Crippen LogP contribution in [0.2, 0.25) is 10.0 Å². The summed E-state index contributed by atoms with van der Waals surface area (Å²) >= 11 is 12.4. The summed E-state index contributed by atoms with van der Waals surface area (Å²) < 4.78 is 1.76. The molecule has 2 aromatic carbocycles. The number of rotatable bonds is 2. The minimum absolute atomic E-state index is 0.261. The lowest BCUT2D eigenvalue weighted by atomic mass is 9.94. The van der Waals surface area contributed by atoms with E-state index in [1.807, 2.05) is 36.4 Å². The second kappa shape index (κ2) is 10.5. The summed E-state index contributed by atoms with van der Waals surface area (Å²) in [7, 11) is 0. The normalized spacial score (nSPS) is 15.5. The zero-order valence-corrected chi connectivity index (χ0v) is 19.3. The van der Waals surface area contributed by atoms with Crippen molar-refractivity contribution in [2.45, 2.75) is 64.2 Å². The minimum atomic E-state index is -0.261. The van der Waals surface area contributed by atoms with Gasteiger partial charge in [-0.05, 0) is 49.4 Å². The molecule has 1 heterocycles.